The minimum Gasteiger partial charge on any atom is -0.493 e. The number of nitriles is 1. The predicted molar refractivity (Wildman–Crippen MR) is 197 cm³/mol. The number of hydrogen-bond acceptors (Lipinski definition) is 11. The summed E-state index contributed by atoms with van der Waals surface area (Å²) in [5, 5.41) is 11.1. The summed E-state index contributed by atoms with van der Waals surface area (Å²) in [4.78, 5) is 4.80. The number of ether oxygens (including phenoxy) is 7. The number of rotatable bonds is 13. The largest absolute Gasteiger partial charge is 0.493 e. The van der Waals surface area contributed by atoms with Crippen molar-refractivity contribution in [2.24, 2.45) is 0 Å². The lowest BCUT2D eigenvalue weighted by molar-refractivity contribution is -0.0825. The second-order valence-corrected chi connectivity index (χ2v) is 20.4. The van der Waals surface area contributed by atoms with Crippen molar-refractivity contribution in [2.75, 3.05) is 61.3 Å². The molecule has 0 N–H and O–H groups in total. The van der Waals surface area contributed by atoms with Gasteiger partial charge in [-0.25, -0.2) is 0 Å². The average Bonchev–Trinajstić information content (AvgIpc) is 3.57. The molecule has 2 aromatic carbocycles. The Morgan fingerprint density at radius 1 is 1.02 bits per heavy atom. The number of nitrogens with zero attached hydrogens (tertiary/aromatic N) is 3. The van der Waals surface area contributed by atoms with Crippen LogP contribution in [0.4, 0.5) is 0 Å². The summed E-state index contributed by atoms with van der Waals surface area (Å²) in [6.45, 7) is 21.1. The molecule has 0 amide bonds. The van der Waals surface area contributed by atoms with Crippen molar-refractivity contribution in [1.82, 2.24) is 9.80 Å². The number of hydrogen-bond donors (Lipinski definition) is 0. The Labute approximate surface area is 304 Å². The van der Waals surface area contributed by atoms with Crippen molar-refractivity contribution < 1.29 is 37.6 Å². The summed E-state index contributed by atoms with van der Waals surface area (Å²) in [7, 11) is 3.25. The number of benzene rings is 2. The van der Waals surface area contributed by atoms with Gasteiger partial charge in [0.2, 0.25) is 6.79 Å². The molecule has 6 rings (SSSR count). The molecule has 0 aliphatic carbocycles. The molecule has 1 fully saturated rings. The maximum absolute atomic E-state index is 11.1. The first-order chi connectivity index (χ1) is 24.3. The number of fused-ring (bicyclic) bond motifs is 9. The van der Waals surface area contributed by atoms with Gasteiger partial charge in [0.15, 0.2) is 38.1 Å². The molecular weight excluding hydrogens is 667 g/mol. The van der Waals surface area contributed by atoms with Gasteiger partial charge in [0.05, 0.1) is 45.1 Å². The van der Waals surface area contributed by atoms with Crippen molar-refractivity contribution in [3.8, 4) is 34.8 Å². The minimum atomic E-state index is -2.22. The fourth-order valence-electron chi connectivity index (χ4n) is 8.25. The molecular formula is C39H55N3O8Si. The van der Waals surface area contributed by atoms with Gasteiger partial charge in [-0.15, -0.1) is 0 Å². The van der Waals surface area contributed by atoms with Crippen molar-refractivity contribution in [2.45, 2.75) is 95.8 Å². The highest BCUT2D eigenvalue weighted by Crippen LogP contribution is 2.59. The summed E-state index contributed by atoms with van der Waals surface area (Å²) in [5.74, 6) is 3.58. The van der Waals surface area contributed by atoms with E-state index in [4.69, 9.17) is 37.6 Å². The molecule has 0 spiro atoms. The number of likely N-dealkylation sites (N-methyl/N-ethyl adjacent to an activating group) is 1. The van der Waals surface area contributed by atoms with Gasteiger partial charge in [-0.3, -0.25) is 9.80 Å². The van der Waals surface area contributed by atoms with E-state index in [1.54, 1.807) is 20.3 Å². The molecule has 11 nitrogen and oxygen atoms in total. The summed E-state index contributed by atoms with van der Waals surface area (Å²) >= 11 is 0. The molecule has 4 heterocycles. The summed E-state index contributed by atoms with van der Waals surface area (Å²) in [6.07, 6.45) is 3.05. The molecule has 2 bridgehead atoms. The van der Waals surface area contributed by atoms with Crippen LogP contribution >= 0.6 is 0 Å². The molecule has 0 saturated carbocycles. The van der Waals surface area contributed by atoms with E-state index in [1.807, 2.05) is 13.8 Å². The zero-order valence-corrected chi connectivity index (χ0v) is 33.0. The van der Waals surface area contributed by atoms with Crippen LogP contribution in [0.1, 0.15) is 66.2 Å². The third-order valence-electron chi connectivity index (χ3n) is 11.7. The Morgan fingerprint density at radius 3 is 2.43 bits per heavy atom. The number of piperazine rings is 1. The van der Waals surface area contributed by atoms with Crippen LogP contribution in [0, 0.1) is 25.2 Å². The van der Waals surface area contributed by atoms with E-state index in [1.165, 1.54) is 0 Å². The van der Waals surface area contributed by atoms with Crippen LogP contribution in [-0.2, 0) is 26.7 Å². The van der Waals surface area contributed by atoms with Crippen LogP contribution in [0.15, 0.2) is 18.7 Å². The van der Waals surface area contributed by atoms with E-state index < -0.39 is 14.4 Å². The molecule has 0 radical (unpaired) electrons. The van der Waals surface area contributed by atoms with Crippen LogP contribution in [0.25, 0.3) is 0 Å². The lowest BCUT2D eigenvalue weighted by Gasteiger charge is -2.60. The van der Waals surface area contributed by atoms with E-state index in [0.29, 0.717) is 56.5 Å². The quantitative estimate of drug-likeness (QED) is 0.0994. The monoisotopic (exact) mass is 721 g/mol. The second-order valence-electron chi connectivity index (χ2n) is 15.6. The highest BCUT2D eigenvalue weighted by atomic mass is 28.4. The van der Waals surface area contributed by atoms with Gasteiger partial charge < -0.3 is 37.6 Å². The van der Waals surface area contributed by atoms with Crippen molar-refractivity contribution >= 4 is 8.32 Å². The Kier molecular flexibility index (Phi) is 10.7. The predicted octanol–water partition coefficient (Wildman–Crippen LogP) is 6.40. The Hall–Kier alpha value is -3.31. The van der Waals surface area contributed by atoms with Crippen molar-refractivity contribution in [1.29, 1.82) is 5.26 Å². The van der Waals surface area contributed by atoms with Gasteiger partial charge in [0.1, 0.15) is 18.4 Å². The highest BCUT2D eigenvalue weighted by Gasteiger charge is 2.57. The lowest BCUT2D eigenvalue weighted by atomic mass is 9.71. The first-order valence-corrected chi connectivity index (χ1v) is 20.8. The molecule has 4 aliphatic heterocycles. The summed E-state index contributed by atoms with van der Waals surface area (Å²) in [6, 6.07) is 3.89. The van der Waals surface area contributed by atoms with Gasteiger partial charge in [0, 0.05) is 41.4 Å². The first-order valence-electron chi connectivity index (χ1n) is 17.9. The molecule has 1 unspecified atom stereocenters. The summed E-state index contributed by atoms with van der Waals surface area (Å²) < 4.78 is 49.5. The van der Waals surface area contributed by atoms with Gasteiger partial charge in [0.25, 0.3) is 0 Å². The number of aryl methyl sites for hydroxylation is 1. The third kappa shape index (κ3) is 6.40. The van der Waals surface area contributed by atoms with Crippen molar-refractivity contribution in [3.63, 3.8) is 0 Å². The molecule has 2 aromatic rings. The fourth-order valence-corrected chi connectivity index (χ4v) is 9.26. The van der Waals surface area contributed by atoms with Gasteiger partial charge >= 0.3 is 0 Å². The molecule has 1 saturated heterocycles. The van der Waals surface area contributed by atoms with Crippen molar-refractivity contribution in [3.05, 3.63) is 52.1 Å². The Balaban J connectivity index is 1.56. The van der Waals surface area contributed by atoms with Crippen LogP contribution in [0.5, 0.6) is 28.7 Å². The highest BCUT2D eigenvalue weighted by molar-refractivity contribution is 6.74. The summed E-state index contributed by atoms with van der Waals surface area (Å²) in [5.41, 5.74) is 6.17. The Bertz CT molecular complexity index is 1680. The molecule has 0 aromatic heterocycles. The third-order valence-corrected chi connectivity index (χ3v) is 16.2. The van der Waals surface area contributed by atoms with E-state index in [2.05, 4.69) is 69.4 Å². The topological polar surface area (TPSA) is 104 Å². The smallest absolute Gasteiger partial charge is 0.231 e. The molecule has 12 heteroatoms. The van der Waals surface area contributed by atoms with Gasteiger partial charge in [-0.1, -0.05) is 39.5 Å². The molecule has 278 valence electrons. The van der Waals surface area contributed by atoms with Crippen LogP contribution < -0.4 is 23.7 Å². The van der Waals surface area contributed by atoms with E-state index in [9.17, 15) is 5.26 Å². The normalized spacial score (nSPS) is 23.9. The van der Waals surface area contributed by atoms with E-state index >= 15 is 0 Å². The fraction of sp³-hybridized carbons (Fsp3) is 0.615. The van der Waals surface area contributed by atoms with Gasteiger partial charge in [-0.2, -0.15) is 5.26 Å². The zero-order valence-electron chi connectivity index (χ0n) is 32.0. The Morgan fingerprint density at radius 2 is 1.76 bits per heavy atom. The molecule has 51 heavy (non-hydrogen) atoms. The number of methoxy groups -OCH3 is 2. The standard InChI is InChI=1S/C39H55N3O8Si/c1-12-13-46-35-24(3)36-38(49-22-48-36)32-26(35)18-28-33-31-25(16-23(2)34(44-9)37(31)47-21-45-15-14-43-8)17-27(41(33)7)29(19-40)42(28)30(32)20-50-51(10,11)39(4,5)6/h12,16,27-30,33H,1,13-15,17-18,20-22H2,2-11H3/t27-,28?,29+,30+,33-/m1/s1. The van der Waals surface area contributed by atoms with E-state index in [-0.39, 0.29) is 42.8 Å². The maximum Gasteiger partial charge on any atom is 0.231 e. The average molecular weight is 722 g/mol. The zero-order chi connectivity index (χ0) is 36.8. The molecule has 5 atom stereocenters. The van der Waals surface area contributed by atoms with Crippen LogP contribution in [0.2, 0.25) is 18.1 Å². The van der Waals surface area contributed by atoms with Gasteiger partial charge in [-0.05, 0) is 63.0 Å². The second kappa shape index (κ2) is 14.6. The SMILES string of the molecule is C=CCOc1c(C)c2c(c3c1CC1[C@@H]4c5c(cc(C)c(OC)c5OCOCCOC)C[C@H]([C@H](C#N)N1[C@H]3CO[Si](C)(C)C(C)(C)C)N4C)OCO2. The van der Waals surface area contributed by atoms with Crippen LogP contribution in [0.3, 0.4) is 0 Å². The first kappa shape index (κ1) is 37.4. The van der Waals surface area contributed by atoms with E-state index in [0.717, 1.165) is 44.9 Å². The molecule has 4 aliphatic rings. The minimum absolute atomic E-state index is 0.00482. The lowest BCUT2D eigenvalue weighted by Crippen LogP contribution is -2.68. The maximum atomic E-state index is 11.1. The van der Waals surface area contributed by atoms with Crippen LogP contribution in [-0.4, -0.2) is 97.5 Å².